The fourth-order valence-electron chi connectivity index (χ4n) is 2.46. The van der Waals surface area contributed by atoms with Crippen molar-refractivity contribution in [3.8, 4) is 22.6 Å². The quantitative estimate of drug-likeness (QED) is 0.580. The van der Waals surface area contributed by atoms with Crippen LogP contribution in [0.5, 0.6) is 11.5 Å². The van der Waals surface area contributed by atoms with Gasteiger partial charge in [0.05, 0.1) is 11.4 Å². The highest BCUT2D eigenvalue weighted by molar-refractivity contribution is 5.79. The molecule has 0 aliphatic rings. The molecule has 0 saturated heterocycles. The van der Waals surface area contributed by atoms with Crippen LogP contribution >= 0.6 is 0 Å². The van der Waals surface area contributed by atoms with Crippen molar-refractivity contribution >= 4 is 11.4 Å². The van der Waals surface area contributed by atoms with E-state index in [1.807, 2.05) is 45.0 Å². The van der Waals surface area contributed by atoms with E-state index in [4.69, 9.17) is 5.73 Å². The lowest BCUT2D eigenvalue weighted by Gasteiger charge is -2.21. The maximum Gasteiger partial charge on any atom is 0.142 e. The molecule has 0 spiro atoms. The molecule has 0 amide bonds. The number of phenolic OH excluding ortho intramolecular Hbond substituents is 2. The Hall–Kier alpha value is -2.36. The van der Waals surface area contributed by atoms with E-state index in [0.29, 0.717) is 5.69 Å². The summed E-state index contributed by atoms with van der Waals surface area (Å²) in [5, 5.41) is 20.1. The zero-order valence-electron chi connectivity index (χ0n) is 12.2. The van der Waals surface area contributed by atoms with Gasteiger partial charge in [-0.05, 0) is 48.7 Å². The minimum absolute atomic E-state index is 0.0516. The van der Waals surface area contributed by atoms with Gasteiger partial charge in [0.15, 0.2) is 0 Å². The number of anilines is 2. The molecular weight excluding hydrogens is 252 g/mol. The molecule has 0 atom stereocenters. The smallest absolute Gasteiger partial charge is 0.142 e. The molecule has 4 N–H and O–H groups in total. The fraction of sp³-hybridized carbons (Fsp3) is 0.250. The van der Waals surface area contributed by atoms with Gasteiger partial charge in [0.2, 0.25) is 0 Å². The Morgan fingerprint density at radius 3 is 2.25 bits per heavy atom. The van der Waals surface area contributed by atoms with Gasteiger partial charge >= 0.3 is 0 Å². The minimum atomic E-state index is 0.0516. The Bertz CT molecular complexity index is 664. The summed E-state index contributed by atoms with van der Waals surface area (Å²) < 4.78 is 0. The second kappa shape index (κ2) is 4.96. The van der Waals surface area contributed by atoms with Crippen molar-refractivity contribution in [3.63, 3.8) is 0 Å². The van der Waals surface area contributed by atoms with Gasteiger partial charge in [-0.2, -0.15) is 0 Å². The van der Waals surface area contributed by atoms with Crippen molar-refractivity contribution in [1.82, 2.24) is 0 Å². The van der Waals surface area contributed by atoms with Crippen LogP contribution in [0.1, 0.15) is 11.1 Å². The summed E-state index contributed by atoms with van der Waals surface area (Å²) in [6, 6.07) is 7.13. The van der Waals surface area contributed by atoms with Crippen molar-refractivity contribution in [1.29, 1.82) is 0 Å². The molecule has 0 heterocycles. The molecule has 4 nitrogen and oxygen atoms in total. The Labute approximate surface area is 119 Å². The van der Waals surface area contributed by atoms with E-state index in [2.05, 4.69) is 0 Å². The number of aromatic hydroxyl groups is 2. The first kappa shape index (κ1) is 14.1. The molecule has 4 heteroatoms. The first-order chi connectivity index (χ1) is 9.32. The summed E-state index contributed by atoms with van der Waals surface area (Å²) in [5.41, 5.74) is 10.3. The minimum Gasteiger partial charge on any atom is -0.506 e. The van der Waals surface area contributed by atoms with E-state index in [-0.39, 0.29) is 11.5 Å². The molecule has 2 aromatic carbocycles. The largest absolute Gasteiger partial charge is 0.506 e. The summed E-state index contributed by atoms with van der Waals surface area (Å²) >= 11 is 0. The lowest BCUT2D eigenvalue weighted by atomic mass is 9.95. The number of hydrogen-bond acceptors (Lipinski definition) is 4. The molecule has 0 fully saturated rings. The molecule has 2 aromatic rings. The third-order valence-electron chi connectivity index (χ3n) is 3.51. The molecule has 0 saturated carbocycles. The van der Waals surface area contributed by atoms with E-state index < -0.39 is 0 Å². The standard InChI is InChI=1S/C16H20N2O2/c1-9-7-12(10(2)16(20)15(9)18(3)4)11-5-6-13(17)14(19)8-11/h5-8,19-20H,17H2,1-4H3. The highest BCUT2D eigenvalue weighted by atomic mass is 16.3. The van der Waals surface area contributed by atoms with Crippen LogP contribution < -0.4 is 10.6 Å². The van der Waals surface area contributed by atoms with Crippen molar-refractivity contribution in [2.75, 3.05) is 24.7 Å². The number of hydrogen-bond donors (Lipinski definition) is 3. The fourth-order valence-corrected chi connectivity index (χ4v) is 2.46. The highest BCUT2D eigenvalue weighted by Crippen LogP contribution is 2.40. The van der Waals surface area contributed by atoms with Gasteiger partial charge in [0.25, 0.3) is 0 Å². The van der Waals surface area contributed by atoms with E-state index in [9.17, 15) is 10.2 Å². The number of nitrogens with zero attached hydrogens (tertiary/aromatic N) is 1. The number of aryl methyl sites for hydroxylation is 1. The van der Waals surface area contributed by atoms with Gasteiger partial charge in [-0.25, -0.2) is 0 Å². The monoisotopic (exact) mass is 272 g/mol. The van der Waals surface area contributed by atoms with Crippen molar-refractivity contribution in [2.24, 2.45) is 0 Å². The van der Waals surface area contributed by atoms with Crippen LogP contribution in [0.2, 0.25) is 0 Å². The lowest BCUT2D eigenvalue weighted by molar-refractivity contribution is 0.471. The summed E-state index contributed by atoms with van der Waals surface area (Å²) in [4.78, 5) is 1.89. The van der Waals surface area contributed by atoms with Crippen LogP contribution in [0.4, 0.5) is 11.4 Å². The topological polar surface area (TPSA) is 69.7 Å². The third kappa shape index (κ3) is 2.25. The molecule has 0 bridgehead atoms. The molecule has 0 aliphatic carbocycles. The van der Waals surface area contributed by atoms with Gasteiger partial charge < -0.3 is 20.8 Å². The number of benzene rings is 2. The number of rotatable bonds is 2. The van der Waals surface area contributed by atoms with Gasteiger partial charge in [-0.15, -0.1) is 0 Å². The van der Waals surface area contributed by atoms with Crippen molar-refractivity contribution in [3.05, 3.63) is 35.4 Å². The van der Waals surface area contributed by atoms with E-state index in [1.165, 1.54) is 0 Å². The van der Waals surface area contributed by atoms with Crippen LogP contribution in [0.25, 0.3) is 11.1 Å². The highest BCUT2D eigenvalue weighted by Gasteiger charge is 2.15. The average Bonchev–Trinajstić information content (AvgIpc) is 2.37. The Morgan fingerprint density at radius 1 is 1.05 bits per heavy atom. The molecule has 106 valence electrons. The Balaban J connectivity index is 2.67. The zero-order chi connectivity index (χ0) is 15.0. The van der Waals surface area contributed by atoms with Crippen LogP contribution in [-0.4, -0.2) is 24.3 Å². The molecule has 0 aliphatic heterocycles. The average molecular weight is 272 g/mol. The molecular formula is C16H20N2O2. The summed E-state index contributed by atoms with van der Waals surface area (Å²) in [6.07, 6.45) is 0. The van der Waals surface area contributed by atoms with Gasteiger partial charge in [0, 0.05) is 19.7 Å². The first-order valence-electron chi connectivity index (χ1n) is 6.42. The molecule has 0 aromatic heterocycles. The zero-order valence-corrected chi connectivity index (χ0v) is 12.2. The van der Waals surface area contributed by atoms with Crippen LogP contribution in [-0.2, 0) is 0 Å². The predicted molar refractivity (Wildman–Crippen MR) is 83.4 cm³/mol. The van der Waals surface area contributed by atoms with E-state index in [1.54, 1.807) is 12.1 Å². The van der Waals surface area contributed by atoms with Gasteiger partial charge in [-0.3, -0.25) is 0 Å². The Kier molecular flexibility index (Phi) is 3.49. The lowest BCUT2D eigenvalue weighted by Crippen LogP contribution is -2.11. The van der Waals surface area contributed by atoms with Crippen molar-refractivity contribution in [2.45, 2.75) is 13.8 Å². The summed E-state index contributed by atoms with van der Waals surface area (Å²) in [6.45, 7) is 3.82. The van der Waals surface area contributed by atoms with Crippen LogP contribution in [0.3, 0.4) is 0 Å². The SMILES string of the molecule is Cc1cc(-c2ccc(N)c(O)c2)c(C)c(O)c1N(C)C. The number of nitrogen functional groups attached to an aromatic ring is 1. The first-order valence-corrected chi connectivity index (χ1v) is 6.42. The molecule has 0 unspecified atom stereocenters. The predicted octanol–water partition coefficient (Wildman–Crippen LogP) is 3.03. The maximum absolute atomic E-state index is 10.4. The normalized spacial score (nSPS) is 10.6. The second-order valence-corrected chi connectivity index (χ2v) is 5.23. The molecule has 0 radical (unpaired) electrons. The van der Waals surface area contributed by atoms with Crippen LogP contribution in [0.15, 0.2) is 24.3 Å². The Morgan fingerprint density at radius 2 is 1.70 bits per heavy atom. The van der Waals surface area contributed by atoms with Crippen molar-refractivity contribution < 1.29 is 10.2 Å². The van der Waals surface area contributed by atoms with Gasteiger partial charge in [-0.1, -0.05) is 6.07 Å². The van der Waals surface area contributed by atoms with E-state index >= 15 is 0 Å². The third-order valence-corrected chi connectivity index (χ3v) is 3.51. The number of nitrogens with two attached hydrogens (primary N) is 1. The van der Waals surface area contributed by atoms with E-state index in [0.717, 1.165) is 27.9 Å². The summed E-state index contributed by atoms with van der Waals surface area (Å²) in [7, 11) is 3.80. The number of phenols is 2. The van der Waals surface area contributed by atoms with Gasteiger partial charge in [0.1, 0.15) is 11.5 Å². The molecule has 20 heavy (non-hydrogen) atoms. The molecule has 2 rings (SSSR count). The van der Waals surface area contributed by atoms with Crippen LogP contribution in [0, 0.1) is 13.8 Å². The maximum atomic E-state index is 10.4. The second-order valence-electron chi connectivity index (χ2n) is 5.23. The summed E-state index contributed by atoms with van der Waals surface area (Å²) in [5.74, 6) is 0.317.